The van der Waals surface area contributed by atoms with E-state index in [1.165, 1.54) is 0 Å². The lowest BCUT2D eigenvalue weighted by Crippen LogP contribution is -2.51. The summed E-state index contributed by atoms with van der Waals surface area (Å²) in [4.78, 5) is 23.6. The number of hydrogen-bond acceptors (Lipinski definition) is 12. The van der Waals surface area contributed by atoms with E-state index in [1.54, 1.807) is 13.8 Å². The standard InChI is InChI=1S/2C20H46O6Si4/c1-18(2)20(21)24-19(17-23-27(3,4)5)16-22-14-13-15-29(9,10)26-30(11,12)25-28(6,7)8;1-18(2)20(21)23-17-19(24-27(3,4)5)16-22-14-13-15-29(9,10)26-30(11,12)25-28(6,7)8/h2*19H,1,13-17H2,2-12H3. The molecule has 0 saturated heterocycles. The van der Waals surface area contributed by atoms with Crippen molar-refractivity contribution in [1.82, 2.24) is 0 Å². The fourth-order valence-corrected chi connectivity index (χ4v) is 34.4. The summed E-state index contributed by atoms with van der Waals surface area (Å²) in [7, 11) is -14.6. The largest absolute Gasteiger partial charge is 0.460 e. The van der Waals surface area contributed by atoms with Crippen LogP contribution in [0.1, 0.15) is 26.7 Å². The predicted molar refractivity (Wildman–Crippen MR) is 269 cm³/mol. The van der Waals surface area contributed by atoms with Gasteiger partial charge in [0.15, 0.2) is 49.9 Å². The van der Waals surface area contributed by atoms with Crippen molar-refractivity contribution in [3.63, 3.8) is 0 Å². The first kappa shape index (κ1) is 61.9. The van der Waals surface area contributed by atoms with E-state index in [0.717, 1.165) is 24.9 Å². The highest BCUT2D eigenvalue weighted by molar-refractivity contribution is 6.88. The highest BCUT2D eigenvalue weighted by atomic mass is 28.5. The van der Waals surface area contributed by atoms with Crippen LogP contribution in [-0.4, -0.2) is 131 Å². The zero-order chi connectivity index (χ0) is 47.6. The first-order valence-corrected chi connectivity index (χ1v) is 47.1. The maximum atomic E-state index is 11.9. The molecule has 12 nitrogen and oxygen atoms in total. The molecule has 0 aliphatic heterocycles. The normalized spacial score (nSPS) is 14.5. The predicted octanol–water partition coefficient (Wildman–Crippen LogP) is 11.0. The number of carbonyl (C=O) groups excluding carboxylic acids is 2. The Hall–Kier alpha value is -0.165. The van der Waals surface area contributed by atoms with E-state index in [0.29, 0.717) is 44.2 Å². The number of esters is 2. The van der Waals surface area contributed by atoms with Crippen molar-refractivity contribution in [1.29, 1.82) is 0 Å². The Morgan fingerprint density at radius 2 is 0.850 bits per heavy atom. The Morgan fingerprint density at radius 1 is 0.467 bits per heavy atom. The van der Waals surface area contributed by atoms with Gasteiger partial charge in [0.2, 0.25) is 0 Å². The highest BCUT2D eigenvalue weighted by Gasteiger charge is 2.39. The van der Waals surface area contributed by atoms with Crippen LogP contribution >= 0.6 is 0 Å². The summed E-state index contributed by atoms with van der Waals surface area (Å²) in [5.41, 5.74) is 0.768. The molecule has 0 amide bonds. The Bertz CT molecular complexity index is 1300. The zero-order valence-electron chi connectivity index (χ0n) is 42.5. The van der Waals surface area contributed by atoms with E-state index < -0.39 is 85.1 Å². The SMILES string of the molecule is C=C(C)C(=O)OC(COCCC[Si](C)(C)O[Si](C)(C)O[Si](C)(C)C)CO[Si](C)(C)C.C=C(C)C(=O)OCC(COCCC[Si](C)(C)O[Si](C)(C)O[Si](C)(C)C)O[Si](C)(C)C. The van der Waals surface area contributed by atoms with Crippen molar-refractivity contribution < 1.29 is 53.8 Å². The topological polar surface area (TPSA) is 126 Å². The Morgan fingerprint density at radius 3 is 1.18 bits per heavy atom. The van der Waals surface area contributed by atoms with E-state index >= 15 is 0 Å². The van der Waals surface area contributed by atoms with Crippen LogP contribution in [0.4, 0.5) is 0 Å². The quantitative estimate of drug-likeness (QED) is 0.0294. The molecule has 0 aliphatic rings. The van der Waals surface area contributed by atoms with Crippen molar-refractivity contribution >= 4 is 79.0 Å². The van der Waals surface area contributed by atoms with Crippen LogP contribution in [0.25, 0.3) is 0 Å². The smallest absolute Gasteiger partial charge is 0.333 e. The lowest BCUT2D eigenvalue weighted by Gasteiger charge is -2.37. The third kappa shape index (κ3) is 38.3. The van der Waals surface area contributed by atoms with Crippen LogP contribution in [0.3, 0.4) is 0 Å². The molecule has 0 aromatic rings. The third-order valence-corrected chi connectivity index (χ3v) is 29.9. The van der Waals surface area contributed by atoms with Crippen LogP contribution in [0.2, 0.25) is 143 Å². The number of ether oxygens (including phenoxy) is 4. The second kappa shape index (κ2) is 26.7. The van der Waals surface area contributed by atoms with Gasteiger partial charge in [-0.3, -0.25) is 0 Å². The minimum absolute atomic E-state index is 0.188. The fourth-order valence-electron chi connectivity index (χ4n) is 6.20. The number of rotatable bonds is 30. The van der Waals surface area contributed by atoms with Gasteiger partial charge in [-0.2, -0.15) is 0 Å². The molecular formula is C40H92O12Si8. The van der Waals surface area contributed by atoms with Crippen molar-refractivity contribution in [2.75, 3.05) is 39.6 Å². The van der Waals surface area contributed by atoms with E-state index in [4.69, 9.17) is 44.3 Å². The highest BCUT2D eigenvalue weighted by Crippen LogP contribution is 2.25. The van der Waals surface area contributed by atoms with Crippen LogP contribution in [-0.2, 0) is 53.8 Å². The molecule has 0 heterocycles. The molecule has 20 heteroatoms. The minimum Gasteiger partial charge on any atom is -0.460 e. The van der Waals surface area contributed by atoms with Crippen molar-refractivity contribution in [3.05, 3.63) is 24.3 Å². The van der Waals surface area contributed by atoms with Gasteiger partial charge in [-0.15, -0.1) is 0 Å². The van der Waals surface area contributed by atoms with E-state index in [1.807, 2.05) is 0 Å². The van der Waals surface area contributed by atoms with E-state index in [-0.39, 0.29) is 12.7 Å². The molecule has 60 heavy (non-hydrogen) atoms. The summed E-state index contributed by atoms with van der Waals surface area (Å²) in [6, 6.07) is 2.02. The molecule has 0 aliphatic carbocycles. The molecule has 0 fully saturated rings. The van der Waals surface area contributed by atoms with Crippen molar-refractivity contribution in [2.24, 2.45) is 0 Å². The first-order chi connectivity index (χ1) is 26.6. The van der Waals surface area contributed by atoms with Crippen molar-refractivity contribution in [3.8, 4) is 0 Å². The summed E-state index contributed by atoms with van der Waals surface area (Å²) in [5.74, 6) is -0.796. The molecule has 0 rings (SSSR count). The molecule has 0 saturated carbocycles. The van der Waals surface area contributed by atoms with Gasteiger partial charge >= 0.3 is 29.1 Å². The lowest BCUT2D eigenvalue weighted by molar-refractivity contribution is -0.149. The average Bonchev–Trinajstić information content (AvgIpc) is 2.96. The third-order valence-electron chi connectivity index (χ3n) is 7.48. The maximum absolute atomic E-state index is 11.9. The van der Waals surface area contributed by atoms with Gasteiger partial charge in [0, 0.05) is 24.4 Å². The molecule has 0 spiro atoms. The summed E-state index contributed by atoms with van der Waals surface area (Å²) in [6.07, 6.45) is 1.17. The first-order valence-electron chi connectivity index (χ1n) is 21.6. The van der Waals surface area contributed by atoms with Crippen LogP contribution in [0, 0.1) is 0 Å². The molecule has 0 radical (unpaired) electrons. The van der Waals surface area contributed by atoms with Gasteiger partial charge in [0.25, 0.3) is 0 Å². The van der Waals surface area contributed by atoms with Crippen LogP contribution in [0.15, 0.2) is 24.3 Å². The van der Waals surface area contributed by atoms with Crippen molar-refractivity contribution in [2.45, 2.75) is 182 Å². The summed E-state index contributed by atoms with van der Waals surface area (Å²) < 4.78 is 60.2. The molecule has 2 unspecified atom stereocenters. The number of hydrogen-bond donors (Lipinski definition) is 0. The maximum Gasteiger partial charge on any atom is 0.333 e. The Kier molecular flexibility index (Phi) is 27.6. The molecule has 0 aromatic carbocycles. The van der Waals surface area contributed by atoms with Gasteiger partial charge in [-0.05, 0) is 170 Å². The van der Waals surface area contributed by atoms with E-state index in [2.05, 4.69) is 144 Å². The molecule has 356 valence electrons. The molecule has 0 aromatic heterocycles. The summed E-state index contributed by atoms with van der Waals surface area (Å²) in [5, 5.41) is 0. The summed E-state index contributed by atoms with van der Waals surface area (Å²) in [6.45, 7) is 56.5. The van der Waals surface area contributed by atoms with Gasteiger partial charge in [-0.25, -0.2) is 9.59 Å². The van der Waals surface area contributed by atoms with Gasteiger partial charge in [0.05, 0.1) is 19.8 Å². The summed E-state index contributed by atoms with van der Waals surface area (Å²) >= 11 is 0. The zero-order valence-corrected chi connectivity index (χ0v) is 50.5. The lowest BCUT2D eigenvalue weighted by atomic mass is 10.3. The fraction of sp³-hybridized carbons (Fsp3) is 0.850. The molecule has 2 atom stereocenters. The molecular weight excluding hydrogens is 897 g/mol. The van der Waals surface area contributed by atoms with E-state index in [9.17, 15) is 9.59 Å². The monoisotopic (exact) mass is 988 g/mol. The van der Waals surface area contributed by atoms with Crippen LogP contribution in [0.5, 0.6) is 0 Å². The van der Waals surface area contributed by atoms with Gasteiger partial charge in [0.1, 0.15) is 18.8 Å². The van der Waals surface area contributed by atoms with Gasteiger partial charge < -0.3 is 44.3 Å². The molecule has 0 bridgehead atoms. The molecule has 0 N–H and O–H groups in total. The Labute approximate surface area is 376 Å². The number of carbonyl (C=O) groups is 2. The average molecular weight is 990 g/mol. The Balaban J connectivity index is 0. The second-order valence-electron chi connectivity index (χ2n) is 21.8. The minimum atomic E-state index is -2.11. The van der Waals surface area contributed by atoms with Gasteiger partial charge in [-0.1, -0.05) is 13.2 Å². The van der Waals surface area contributed by atoms with Crippen LogP contribution < -0.4 is 0 Å². The second-order valence-corrected chi connectivity index (χ2v) is 56.1.